The van der Waals surface area contributed by atoms with Crippen molar-refractivity contribution in [3.8, 4) is 0 Å². The molecule has 0 aromatic rings. The molecule has 0 aromatic carbocycles. The summed E-state index contributed by atoms with van der Waals surface area (Å²) in [7, 11) is 0. The summed E-state index contributed by atoms with van der Waals surface area (Å²) in [4.78, 5) is 0. The topological polar surface area (TPSA) is 12.0 Å². The van der Waals surface area contributed by atoms with Crippen LogP contribution in [0.4, 0.5) is 0 Å². The molecule has 10 heavy (non-hydrogen) atoms. The number of hydrogen-bond acceptors (Lipinski definition) is 2. The van der Waals surface area contributed by atoms with Crippen molar-refractivity contribution in [3.05, 3.63) is 0 Å². The zero-order chi connectivity index (χ0) is 7.78. The van der Waals surface area contributed by atoms with E-state index in [0.717, 1.165) is 12.5 Å². The summed E-state index contributed by atoms with van der Waals surface area (Å²) >= 11 is 2.06. The summed E-state index contributed by atoms with van der Waals surface area (Å²) in [5, 5.41) is 4.19. The van der Waals surface area contributed by atoms with E-state index in [1.54, 1.807) is 0 Å². The minimum Gasteiger partial charge on any atom is -0.304 e. The first-order valence-electron chi connectivity index (χ1n) is 3.92. The van der Waals surface area contributed by atoms with E-state index < -0.39 is 0 Å². The molecule has 2 heteroatoms. The highest BCUT2D eigenvalue weighted by atomic mass is 32.2. The highest BCUT2D eigenvalue weighted by Gasteiger charge is 2.32. The molecule has 1 N–H and O–H groups in total. The van der Waals surface area contributed by atoms with Crippen LogP contribution in [0.3, 0.4) is 0 Å². The van der Waals surface area contributed by atoms with Gasteiger partial charge in [0.15, 0.2) is 0 Å². The van der Waals surface area contributed by atoms with Crippen LogP contribution in [0.1, 0.15) is 27.7 Å². The largest absolute Gasteiger partial charge is 0.304 e. The van der Waals surface area contributed by atoms with E-state index in [4.69, 9.17) is 0 Å². The van der Waals surface area contributed by atoms with Crippen LogP contribution in [0.15, 0.2) is 0 Å². The van der Waals surface area contributed by atoms with Crippen LogP contribution in [0, 0.1) is 5.92 Å². The molecule has 1 rings (SSSR count). The summed E-state index contributed by atoms with van der Waals surface area (Å²) in [6.45, 7) is 10.3. The van der Waals surface area contributed by atoms with Crippen LogP contribution < -0.4 is 5.32 Å². The van der Waals surface area contributed by atoms with E-state index in [-0.39, 0.29) is 0 Å². The molecular weight excluding hydrogens is 142 g/mol. The van der Waals surface area contributed by atoms with Crippen LogP contribution in [-0.2, 0) is 0 Å². The van der Waals surface area contributed by atoms with E-state index in [1.165, 1.54) is 0 Å². The highest BCUT2D eigenvalue weighted by Crippen LogP contribution is 2.35. The van der Waals surface area contributed by atoms with E-state index in [0.29, 0.717) is 10.1 Å². The first-order chi connectivity index (χ1) is 4.51. The van der Waals surface area contributed by atoms with Crippen molar-refractivity contribution in [2.24, 2.45) is 5.92 Å². The molecule has 1 saturated heterocycles. The summed E-state index contributed by atoms with van der Waals surface area (Å²) in [6, 6.07) is 0. The Morgan fingerprint density at radius 2 is 2.10 bits per heavy atom. The third-order valence-electron chi connectivity index (χ3n) is 1.78. The lowest BCUT2D eigenvalue weighted by Gasteiger charge is -2.17. The molecule has 60 valence electrons. The second kappa shape index (κ2) is 2.74. The van der Waals surface area contributed by atoms with E-state index in [2.05, 4.69) is 44.8 Å². The Morgan fingerprint density at radius 3 is 2.30 bits per heavy atom. The third kappa shape index (κ3) is 1.89. The van der Waals surface area contributed by atoms with Gasteiger partial charge in [-0.3, -0.25) is 0 Å². The smallest absolute Gasteiger partial charge is 0.0561 e. The van der Waals surface area contributed by atoms with E-state index >= 15 is 0 Å². The molecule has 1 nitrogen and oxygen atoms in total. The summed E-state index contributed by atoms with van der Waals surface area (Å²) in [6.07, 6.45) is 0. The van der Waals surface area contributed by atoms with Gasteiger partial charge in [0, 0.05) is 11.3 Å². The zero-order valence-electron chi connectivity index (χ0n) is 7.27. The average molecular weight is 159 g/mol. The van der Waals surface area contributed by atoms with Crippen LogP contribution in [0.2, 0.25) is 0 Å². The van der Waals surface area contributed by atoms with Crippen molar-refractivity contribution in [1.82, 2.24) is 5.32 Å². The Balaban J connectivity index is 2.43. The number of nitrogens with one attached hydrogen (secondary N) is 1. The SMILES string of the molecule is CC(C)C1NCC(C)(C)S1. The van der Waals surface area contributed by atoms with Gasteiger partial charge in [-0.05, 0) is 19.8 Å². The first kappa shape index (κ1) is 8.41. The Morgan fingerprint density at radius 1 is 1.50 bits per heavy atom. The molecule has 1 fully saturated rings. The fraction of sp³-hybridized carbons (Fsp3) is 1.00. The molecule has 0 amide bonds. The van der Waals surface area contributed by atoms with Gasteiger partial charge in [0.25, 0.3) is 0 Å². The van der Waals surface area contributed by atoms with Gasteiger partial charge in [-0.2, -0.15) is 0 Å². The van der Waals surface area contributed by atoms with Crippen LogP contribution >= 0.6 is 11.8 Å². The molecule has 1 atom stereocenters. The second-order valence-corrected chi connectivity index (χ2v) is 5.77. The lowest BCUT2D eigenvalue weighted by atomic mass is 10.2. The lowest BCUT2D eigenvalue weighted by Crippen LogP contribution is -2.26. The number of thioether (sulfide) groups is 1. The molecular formula is C8H17NS. The predicted molar refractivity (Wildman–Crippen MR) is 48.3 cm³/mol. The average Bonchev–Trinajstić information content (AvgIpc) is 2.10. The second-order valence-electron chi connectivity index (χ2n) is 3.92. The monoisotopic (exact) mass is 159 g/mol. The van der Waals surface area contributed by atoms with Crippen molar-refractivity contribution >= 4 is 11.8 Å². The lowest BCUT2D eigenvalue weighted by molar-refractivity contribution is 0.524. The maximum Gasteiger partial charge on any atom is 0.0561 e. The third-order valence-corrected chi connectivity index (χ3v) is 3.53. The van der Waals surface area contributed by atoms with Gasteiger partial charge < -0.3 is 5.32 Å². The Hall–Kier alpha value is 0.310. The van der Waals surface area contributed by atoms with Gasteiger partial charge in [0.1, 0.15) is 0 Å². The Bertz CT molecular complexity index is 120. The Labute approximate surface area is 68.0 Å². The van der Waals surface area contributed by atoms with E-state index in [9.17, 15) is 0 Å². The maximum atomic E-state index is 3.51. The standard InChI is InChI=1S/C8H17NS/c1-6(2)7-9-5-8(3,4)10-7/h6-7,9H,5H2,1-4H3. The minimum atomic E-state index is 0.453. The Kier molecular flexibility index (Phi) is 2.31. The molecule has 0 radical (unpaired) electrons. The van der Waals surface area contributed by atoms with Gasteiger partial charge in [-0.15, -0.1) is 11.8 Å². The molecule has 0 aromatic heterocycles. The van der Waals surface area contributed by atoms with Gasteiger partial charge >= 0.3 is 0 Å². The molecule has 1 aliphatic rings. The number of rotatable bonds is 1. The molecule has 1 heterocycles. The summed E-state index contributed by atoms with van der Waals surface area (Å²) in [5.41, 5.74) is 0. The van der Waals surface area contributed by atoms with Crippen molar-refractivity contribution in [2.75, 3.05) is 6.54 Å². The van der Waals surface area contributed by atoms with Crippen molar-refractivity contribution in [1.29, 1.82) is 0 Å². The van der Waals surface area contributed by atoms with Gasteiger partial charge in [0.05, 0.1) is 5.37 Å². The number of hydrogen-bond donors (Lipinski definition) is 1. The molecule has 0 spiro atoms. The van der Waals surface area contributed by atoms with Gasteiger partial charge in [0.2, 0.25) is 0 Å². The quantitative estimate of drug-likeness (QED) is 0.628. The molecule has 0 aliphatic carbocycles. The first-order valence-corrected chi connectivity index (χ1v) is 4.80. The fourth-order valence-corrected chi connectivity index (χ4v) is 2.44. The van der Waals surface area contributed by atoms with E-state index in [1.807, 2.05) is 0 Å². The predicted octanol–water partition coefficient (Wildman–Crippen LogP) is 2.08. The normalized spacial score (nSPS) is 31.5. The summed E-state index contributed by atoms with van der Waals surface area (Å²) in [5.74, 6) is 0.756. The van der Waals surface area contributed by atoms with Crippen molar-refractivity contribution in [3.63, 3.8) is 0 Å². The van der Waals surface area contributed by atoms with Gasteiger partial charge in [-0.25, -0.2) is 0 Å². The molecule has 1 aliphatic heterocycles. The highest BCUT2D eigenvalue weighted by molar-refractivity contribution is 8.01. The summed E-state index contributed by atoms with van der Waals surface area (Å²) < 4.78 is 0.453. The molecule has 1 unspecified atom stereocenters. The zero-order valence-corrected chi connectivity index (χ0v) is 8.09. The fourth-order valence-electron chi connectivity index (χ4n) is 1.15. The minimum absolute atomic E-state index is 0.453. The van der Waals surface area contributed by atoms with Crippen LogP contribution in [0.5, 0.6) is 0 Å². The van der Waals surface area contributed by atoms with Crippen LogP contribution in [0.25, 0.3) is 0 Å². The molecule has 0 bridgehead atoms. The van der Waals surface area contributed by atoms with Crippen molar-refractivity contribution in [2.45, 2.75) is 37.8 Å². The van der Waals surface area contributed by atoms with Crippen molar-refractivity contribution < 1.29 is 0 Å². The molecule has 0 saturated carbocycles. The maximum absolute atomic E-state index is 3.51. The van der Waals surface area contributed by atoms with Crippen LogP contribution in [-0.4, -0.2) is 16.7 Å². The van der Waals surface area contributed by atoms with Gasteiger partial charge in [-0.1, -0.05) is 13.8 Å².